The van der Waals surface area contributed by atoms with Gasteiger partial charge >= 0.3 is 18.0 Å². The molecule has 0 aliphatic rings. The number of amides is 4. The van der Waals surface area contributed by atoms with Crippen LogP contribution in [0.3, 0.4) is 0 Å². The van der Waals surface area contributed by atoms with E-state index in [4.69, 9.17) is 5.11 Å². The fraction of sp³-hybridized carbons (Fsp3) is 0.455. The predicted molar refractivity (Wildman–Crippen MR) is 76.4 cm³/mol. The zero-order valence-electron chi connectivity index (χ0n) is 11.7. The van der Waals surface area contributed by atoms with Gasteiger partial charge in [0.05, 0.1) is 6.54 Å². The Morgan fingerprint density at radius 2 is 1.90 bits per heavy atom. The number of carboxylic acid groups (broad SMARTS) is 1. The van der Waals surface area contributed by atoms with Crippen LogP contribution in [-0.2, 0) is 6.54 Å². The molecule has 4 amide bonds. The highest BCUT2D eigenvalue weighted by molar-refractivity contribution is 7.09. The highest BCUT2D eigenvalue weighted by Crippen LogP contribution is 2.08. The molecule has 1 aromatic rings. The molecule has 0 aliphatic carbocycles. The van der Waals surface area contributed by atoms with Crippen molar-refractivity contribution in [1.29, 1.82) is 0 Å². The molecule has 0 spiro atoms. The molecule has 0 saturated heterocycles. The SMILES string of the molecule is CN(C)C(=O)NCCNC(=O)NCc1nc(C(=O)O)cs1. The highest BCUT2D eigenvalue weighted by atomic mass is 32.1. The van der Waals surface area contributed by atoms with Gasteiger partial charge in [-0.25, -0.2) is 19.4 Å². The minimum Gasteiger partial charge on any atom is -0.476 e. The van der Waals surface area contributed by atoms with Gasteiger partial charge in [0.15, 0.2) is 5.69 Å². The first-order valence-electron chi connectivity index (χ1n) is 6.04. The summed E-state index contributed by atoms with van der Waals surface area (Å²) in [5, 5.41) is 18.3. The molecule has 0 saturated carbocycles. The standard InChI is InChI=1S/C11H17N5O4S/c1-16(2)11(20)13-4-3-12-10(19)14-5-8-15-7(6-21-8)9(17)18/h6H,3-5H2,1-2H3,(H,13,20)(H,17,18)(H2,12,14,19). The number of carbonyl (C=O) groups is 3. The van der Waals surface area contributed by atoms with Crippen molar-refractivity contribution in [3.63, 3.8) is 0 Å². The van der Waals surface area contributed by atoms with E-state index in [1.54, 1.807) is 14.1 Å². The number of thiazole rings is 1. The number of hydrogen-bond acceptors (Lipinski definition) is 5. The van der Waals surface area contributed by atoms with Crippen molar-refractivity contribution in [3.8, 4) is 0 Å². The Balaban J connectivity index is 2.19. The first kappa shape index (κ1) is 16.7. The van der Waals surface area contributed by atoms with E-state index in [0.29, 0.717) is 11.6 Å². The molecule has 4 N–H and O–H groups in total. The topological polar surface area (TPSA) is 124 Å². The third-order valence-electron chi connectivity index (χ3n) is 2.26. The maximum atomic E-state index is 11.5. The predicted octanol–water partition coefficient (Wildman–Crippen LogP) is -0.0883. The van der Waals surface area contributed by atoms with Gasteiger partial charge in [-0.2, -0.15) is 0 Å². The fourth-order valence-corrected chi connectivity index (χ4v) is 1.92. The van der Waals surface area contributed by atoms with Crippen LogP contribution in [0.15, 0.2) is 5.38 Å². The second kappa shape index (κ2) is 8.04. The summed E-state index contributed by atoms with van der Waals surface area (Å²) in [7, 11) is 3.24. The highest BCUT2D eigenvalue weighted by Gasteiger charge is 2.09. The maximum Gasteiger partial charge on any atom is 0.355 e. The largest absolute Gasteiger partial charge is 0.476 e. The van der Waals surface area contributed by atoms with Crippen LogP contribution in [0.25, 0.3) is 0 Å². The average molecular weight is 315 g/mol. The first-order valence-corrected chi connectivity index (χ1v) is 6.92. The Kier molecular flexibility index (Phi) is 6.40. The summed E-state index contributed by atoms with van der Waals surface area (Å²) in [6.45, 7) is 0.738. The third kappa shape index (κ3) is 6.08. The molecule has 9 nitrogen and oxygen atoms in total. The minimum atomic E-state index is -1.10. The Bertz CT molecular complexity index is 516. The lowest BCUT2D eigenvalue weighted by atomic mass is 10.5. The van der Waals surface area contributed by atoms with E-state index in [9.17, 15) is 14.4 Å². The third-order valence-corrected chi connectivity index (χ3v) is 3.11. The van der Waals surface area contributed by atoms with Gasteiger partial charge < -0.3 is 26.0 Å². The van der Waals surface area contributed by atoms with Gasteiger partial charge in [-0.15, -0.1) is 11.3 Å². The molecule has 1 rings (SSSR count). The lowest BCUT2D eigenvalue weighted by Crippen LogP contribution is -2.42. The second-order valence-corrected chi connectivity index (χ2v) is 5.11. The quantitative estimate of drug-likeness (QED) is 0.546. The molecule has 0 aromatic carbocycles. The van der Waals surface area contributed by atoms with Crippen molar-refractivity contribution in [3.05, 3.63) is 16.1 Å². The van der Waals surface area contributed by atoms with E-state index in [2.05, 4.69) is 20.9 Å². The Morgan fingerprint density at radius 3 is 2.48 bits per heavy atom. The molecule has 21 heavy (non-hydrogen) atoms. The molecule has 10 heteroatoms. The Hall–Kier alpha value is -2.36. The van der Waals surface area contributed by atoms with E-state index >= 15 is 0 Å². The second-order valence-electron chi connectivity index (χ2n) is 4.17. The van der Waals surface area contributed by atoms with Gasteiger partial charge in [0.25, 0.3) is 0 Å². The van der Waals surface area contributed by atoms with Gasteiger partial charge in [0.2, 0.25) is 0 Å². The van der Waals surface area contributed by atoms with E-state index in [-0.39, 0.29) is 24.8 Å². The molecule has 0 unspecified atom stereocenters. The van der Waals surface area contributed by atoms with Crippen molar-refractivity contribution in [1.82, 2.24) is 25.8 Å². The lowest BCUT2D eigenvalue weighted by Gasteiger charge is -2.12. The zero-order chi connectivity index (χ0) is 15.8. The number of nitrogens with one attached hydrogen (secondary N) is 3. The Labute approximate surface area is 125 Å². The van der Waals surface area contributed by atoms with Crippen molar-refractivity contribution in [2.75, 3.05) is 27.2 Å². The number of carbonyl (C=O) groups excluding carboxylic acids is 2. The van der Waals surface area contributed by atoms with E-state index in [0.717, 1.165) is 11.3 Å². The number of hydrogen-bond donors (Lipinski definition) is 4. The summed E-state index contributed by atoms with van der Waals surface area (Å²) in [6, 6.07) is -0.651. The molecule has 1 heterocycles. The van der Waals surface area contributed by atoms with Gasteiger partial charge in [-0.1, -0.05) is 0 Å². The van der Waals surface area contributed by atoms with Gasteiger partial charge in [0, 0.05) is 32.6 Å². The van der Waals surface area contributed by atoms with Crippen LogP contribution in [-0.4, -0.2) is 60.2 Å². The molecule has 1 aromatic heterocycles. The molecular formula is C11H17N5O4S. The van der Waals surface area contributed by atoms with E-state index in [1.165, 1.54) is 10.3 Å². The van der Waals surface area contributed by atoms with Crippen LogP contribution >= 0.6 is 11.3 Å². The average Bonchev–Trinajstić information content (AvgIpc) is 2.90. The minimum absolute atomic E-state index is 0.0383. The molecular weight excluding hydrogens is 298 g/mol. The summed E-state index contributed by atoms with van der Waals surface area (Å²) < 4.78 is 0. The van der Waals surface area contributed by atoms with Gasteiger partial charge in [0.1, 0.15) is 5.01 Å². The number of rotatable bonds is 6. The fourth-order valence-electron chi connectivity index (χ4n) is 1.21. The monoisotopic (exact) mass is 315 g/mol. The van der Waals surface area contributed by atoms with E-state index in [1.807, 2.05) is 0 Å². The summed E-state index contributed by atoms with van der Waals surface area (Å²) in [5.74, 6) is -1.10. The van der Waals surface area contributed by atoms with Gasteiger partial charge in [-0.05, 0) is 0 Å². The molecule has 116 valence electrons. The molecule has 0 atom stereocenters. The summed E-state index contributed by atoms with van der Waals surface area (Å²) >= 11 is 1.16. The van der Waals surface area contributed by atoms with Crippen molar-refractivity contribution in [2.45, 2.75) is 6.54 Å². The summed E-state index contributed by atoms with van der Waals surface area (Å²) in [5.41, 5.74) is -0.0383. The van der Waals surface area contributed by atoms with Crippen LogP contribution < -0.4 is 16.0 Å². The molecule has 0 bridgehead atoms. The van der Waals surface area contributed by atoms with Crippen LogP contribution in [0.2, 0.25) is 0 Å². The number of aromatic nitrogens is 1. The van der Waals surface area contributed by atoms with Gasteiger partial charge in [-0.3, -0.25) is 0 Å². The zero-order valence-corrected chi connectivity index (χ0v) is 12.5. The van der Waals surface area contributed by atoms with Crippen LogP contribution in [0, 0.1) is 0 Å². The normalized spacial score (nSPS) is 9.81. The number of urea groups is 2. The van der Waals surface area contributed by atoms with Crippen molar-refractivity contribution < 1.29 is 19.5 Å². The number of aromatic carboxylic acids is 1. The molecule has 0 fully saturated rings. The van der Waals surface area contributed by atoms with Crippen molar-refractivity contribution >= 4 is 29.4 Å². The lowest BCUT2D eigenvalue weighted by molar-refractivity contribution is 0.0691. The first-order chi connectivity index (χ1) is 9.90. The smallest absolute Gasteiger partial charge is 0.355 e. The van der Waals surface area contributed by atoms with E-state index < -0.39 is 12.0 Å². The van der Waals surface area contributed by atoms with Crippen LogP contribution in [0.5, 0.6) is 0 Å². The van der Waals surface area contributed by atoms with Crippen LogP contribution in [0.4, 0.5) is 9.59 Å². The molecule has 0 aliphatic heterocycles. The summed E-state index contributed by atoms with van der Waals surface area (Å²) in [4.78, 5) is 38.5. The van der Waals surface area contributed by atoms with Crippen molar-refractivity contribution in [2.24, 2.45) is 0 Å². The summed E-state index contributed by atoms with van der Waals surface area (Å²) in [6.07, 6.45) is 0. The Morgan fingerprint density at radius 1 is 1.24 bits per heavy atom. The van der Waals surface area contributed by atoms with Crippen LogP contribution in [0.1, 0.15) is 15.5 Å². The maximum absolute atomic E-state index is 11.5. The number of carboxylic acids is 1. The number of nitrogens with zero attached hydrogens (tertiary/aromatic N) is 2. The molecule has 0 radical (unpaired) electrons.